The summed E-state index contributed by atoms with van der Waals surface area (Å²) in [6, 6.07) is 14.1. The van der Waals surface area contributed by atoms with Gasteiger partial charge in [-0.05, 0) is 97.2 Å². The molecule has 3 atom stereocenters. The molecule has 0 amide bonds. The average Bonchev–Trinajstić information content (AvgIpc) is 3.54. The van der Waals surface area contributed by atoms with E-state index < -0.39 is 0 Å². The van der Waals surface area contributed by atoms with Crippen LogP contribution in [-0.4, -0.2) is 9.38 Å². The van der Waals surface area contributed by atoms with Crippen LogP contribution in [0.2, 0.25) is 0 Å². The first-order chi connectivity index (χ1) is 16.1. The zero-order valence-electron chi connectivity index (χ0n) is 19.5. The molecule has 0 spiro atoms. The Bertz CT molecular complexity index is 1770. The van der Waals surface area contributed by atoms with Crippen LogP contribution in [0, 0.1) is 25.7 Å². The van der Waals surface area contributed by atoms with Crippen molar-refractivity contribution in [3.05, 3.63) is 65.5 Å². The summed E-state index contributed by atoms with van der Waals surface area (Å²) in [6.07, 6.45) is 9.88. The minimum absolute atomic E-state index is 0.721. The fraction of sp³-hybridized carbons (Fsp3) is 0.333. The minimum Gasteiger partial charge on any atom is -0.306 e. The number of hydrogen-bond acceptors (Lipinski definition) is 1. The molecule has 33 heavy (non-hydrogen) atoms. The lowest BCUT2D eigenvalue weighted by molar-refractivity contribution is -0.643. The molecule has 162 valence electrons. The van der Waals surface area contributed by atoms with Crippen LogP contribution in [0.5, 0.6) is 0 Å². The van der Waals surface area contributed by atoms with Crippen molar-refractivity contribution in [1.82, 2.24) is 9.38 Å². The molecular formula is C30H28N3+. The third-order valence-electron chi connectivity index (χ3n) is 9.21. The molecule has 0 radical (unpaired) electrons. The molecule has 3 heteroatoms. The number of aromatic nitrogens is 3. The molecule has 3 nitrogen and oxygen atoms in total. The number of hydrogen-bond donors (Lipinski definition) is 0. The molecule has 2 aliphatic rings. The van der Waals surface area contributed by atoms with Gasteiger partial charge in [0.05, 0.1) is 32.8 Å². The highest BCUT2D eigenvalue weighted by Gasteiger charge is 2.40. The van der Waals surface area contributed by atoms with Crippen LogP contribution < -0.4 is 4.57 Å². The summed E-state index contributed by atoms with van der Waals surface area (Å²) in [5.74, 6) is 2.55. The van der Waals surface area contributed by atoms with Crippen molar-refractivity contribution in [3.63, 3.8) is 0 Å². The van der Waals surface area contributed by atoms with E-state index >= 15 is 0 Å². The molecule has 0 N–H and O–H groups in total. The van der Waals surface area contributed by atoms with Crippen LogP contribution in [0.4, 0.5) is 0 Å². The quantitative estimate of drug-likeness (QED) is 0.161. The van der Waals surface area contributed by atoms with Gasteiger partial charge in [-0.15, -0.1) is 0 Å². The van der Waals surface area contributed by atoms with E-state index in [0.29, 0.717) is 0 Å². The van der Waals surface area contributed by atoms with Gasteiger partial charge in [0.25, 0.3) is 0 Å². The Hall–Kier alpha value is -3.20. The predicted octanol–water partition coefficient (Wildman–Crippen LogP) is 6.73. The van der Waals surface area contributed by atoms with Crippen LogP contribution in [0.3, 0.4) is 0 Å². The van der Waals surface area contributed by atoms with Gasteiger partial charge in [-0.3, -0.25) is 4.98 Å². The monoisotopic (exact) mass is 430 g/mol. The van der Waals surface area contributed by atoms with Gasteiger partial charge in [0.1, 0.15) is 7.05 Å². The predicted molar refractivity (Wildman–Crippen MR) is 135 cm³/mol. The van der Waals surface area contributed by atoms with E-state index in [9.17, 15) is 0 Å². The largest absolute Gasteiger partial charge is 0.306 e. The lowest BCUT2D eigenvalue weighted by Gasteiger charge is -2.23. The zero-order chi connectivity index (χ0) is 22.0. The molecule has 8 rings (SSSR count). The number of rotatable bonds is 1. The highest BCUT2D eigenvalue weighted by Crippen LogP contribution is 2.53. The zero-order valence-corrected chi connectivity index (χ0v) is 19.5. The van der Waals surface area contributed by atoms with Gasteiger partial charge in [0.15, 0.2) is 6.20 Å². The summed E-state index contributed by atoms with van der Waals surface area (Å²) in [5.41, 5.74) is 10.6. The number of benzene rings is 2. The maximum atomic E-state index is 4.87. The second-order valence-electron chi connectivity index (χ2n) is 10.9. The Morgan fingerprint density at radius 3 is 2.73 bits per heavy atom. The van der Waals surface area contributed by atoms with Gasteiger partial charge in [-0.1, -0.05) is 12.5 Å². The summed E-state index contributed by atoms with van der Waals surface area (Å²) in [6.45, 7) is 4.53. The Kier molecular flexibility index (Phi) is 3.33. The van der Waals surface area contributed by atoms with Crippen LogP contribution in [0.1, 0.15) is 48.3 Å². The fourth-order valence-corrected chi connectivity index (χ4v) is 7.61. The summed E-state index contributed by atoms with van der Waals surface area (Å²) in [4.78, 5) is 4.87. The normalized spacial score (nSPS) is 22.8. The molecule has 2 saturated carbocycles. The maximum absolute atomic E-state index is 4.87. The van der Waals surface area contributed by atoms with Crippen LogP contribution in [0.25, 0.3) is 49.1 Å². The number of pyridine rings is 3. The second-order valence-corrected chi connectivity index (χ2v) is 10.9. The van der Waals surface area contributed by atoms with Crippen molar-refractivity contribution in [2.75, 3.05) is 0 Å². The average molecular weight is 431 g/mol. The molecule has 6 aromatic rings. The number of fused-ring (bicyclic) bond motifs is 7. The van der Waals surface area contributed by atoms with E-state index in [1.165, 1.54) is 80.4 Å². The Morgan fingerprint density at radius 1 is 1.00 bits per heavy atom. The third-order valence-corrected chi connectivity index (χ3v) is 9.21. The van der Waals surface area contributed by atoms with E-state index in [2.05, 4.69) is 72.5 Å². The Labute approximate surface area is 193 Å². The van der Waals surface area contributed by atoms with E-state index in [-0.39, 0.29) is 0 Å². The topological polar surface area (TPSA) is 21.2 Å². The summed E-state index contributed by atoms with van der Waals surface area (Å²) in [7, 11) is 2.20. The number of nitrogens with zero attached hydrogens (tertiary/aromatic N) is 3. The smallest absolute Gasteiger partial charge is 0.224 e. The van der Waals surface area contributed by atoms with E-state index in [0.717, 1.165) is 23.3 Å². The van der Waals surface area contributed by atoms with E-state index in [1.54, 1.807) is 5.56 Å². The summed E-state index contributed by atoms with van der Waals surface area (Å²) < 4.78 is 4.87. The molecule has 0 aliphatic heterocycles. The van der Waals surface area contributed by atoms with Crippen LogP contribution in [0.15, 0.2) is 48.8 Å². The summed E-state index contributed by atoms with van der Waals surface area (Å²) in [5, 5.41) is 5.41. The van der Waals surface area contributed by atoms with Crippen molar-refractivity contribution in [1.29, 1.82) is 0 Å². The van der Waals surface area contributed by atoms with Crippen LogP contribution in [-0.2, 0) is 7.05 Å². The van der Waals surface area contributed by atoms with Gasteiger partial charge in [0, 0.05) is 17.6 Å². The second kappa shape index (κ2) is 6.02. The van der Waals surface area contributed by atoms with Crippen molar-refractivity contribution in [2.45, 2.75) is 45.4 Å². The van der Waals surface area contributed by atoms with Crippen molar-refractivity contribution >= 4 is 49.1 Å². The third kappa shape index (κ3) is 2.16. The molecule has 4 heterocycles. The molecule has 4 aromatic heterocycles. The molecular weight excluding hydrogens is 402 g/mol. The van der Waals surface area contributed by atoms with Gasteiger partial charge in [-0.2, -0.15) is 0 Å². The Morgan fingerprint density at radius 2 is 1.91 bits per heavy atom. The first kappa shape index (κ1) is 18.3. The van der Waals surface area contributed by atoms with Crippen molar-refractivity contribution < 1.29 is 4.57 Å². The fourth-order valence-electron chi connectivity index (χ4n) is 7.61. The molecule has 3 unspecified atom stereocenters. The number of aryl methyl sites for hydroxylation is 3. The molecule has 2 bridgehead atoms. The van der Waals surface area contributed by atoms with Crippen LogP contribution >= 0.6 is 0 Å². The Balaban J connectivity index is 1.65. The van der Waals surface area contributed by atoms with Gasteiger partial charge < -0.3 is 4.40 Å². The van der Waals surface area contributed by atoms with Gasteiger partial charge in [0.2, 0.25) is 5.52 Å². The van der Waals surface area contributed by atoms with Crippen molar-refractivity contribution in [3.8, 4) is 0 Å². The van der Waals surface area contributed by atoms with Gasteiger partial charge in [-0.25, -0.2) is 4.57 Å². The highest BCUT2D eigenvalue weighted by atomic mass is 15.0. The molecule has 0 saturated heterocycles. The van der Waals surface area contributed by atoms with E-state index in [1.807, 2.05) is 6.20 Å². The standard InChI is InChI=1S/C30H28N3/c1-16-11-23-28-24(5-4-9-31-28)33-25-15-21(22-13-18-6-7-19(22)12-18)14-20-8-10-32(3)30(27(20)25)26(17(16)2)29(23)33/h4-5,8-11,14-15,18-19,22H,6-7,12-13H2,1-3H3/q+1. The SMILES string of the molecule is Cc1cc2c3ncccc3n3c4cc(C5CC6CCC5C6)cc5cc[n+](C)c(c(c1C)c23)c54. The maximum Gasteiger partial charge on any atom is 0.224 e. The lowest BCUT2D eigenvalue weighted by atomic mass is 9.82. The summed E-state index contributed by atoms with van der Waals surface area (Å²) >= 11 is 0. The lowest BCUT2D eigenvalue weighted by Crippen LogP contribution is -2.29. The first-order valence-electron chi connectivity index (χ1n) is 12.5. The highest BCUT2D eigenvalue weighted by molar-refractivity contribution is 6.25. The van der Waals surface area contributed by atoms with Gasteiger partial charge >= 0.3 is 0 Å². The van der Waals surface area contributed by atoms with Crippen molar-refractivity contribution in [2.24, 2.45) is 18.9 Å². The van der Waals surface area contributed by atoms with E-state index in [4.69, 9.17) is 4.98 Å². The molecule has 2 fully saturated rings. The molecule has 2 aromatic carbocycles. The first-order valence-corrected chi connectivity index (χ1v) is 12.5. The minimum atomic E-state index is 0.721. The molecule has 2 aliphatic carbocycles.